The zero-order valence-electron chi connectivity index (χ0n) is 12.0. The molecule has 20 heavy (non-hydrogen) atoms. The second-order valence-corrected chi connectivity index (χ2v) is 6.03. The van der Waals surface area contributed by atoms with Gasteiger partial charge in [0.1, 0.15) is 0 Å². The van der Waals surface area contributed by atoms with Crippen LogP contribution in [0.2, 0.25) is 0 Å². The van der Waals surface area contributed by atoms with Crippen molar-refractivity contribution >= 4 is 11.3 Å². The van der Waals surface area contributed by atoms with E-state index in [1.165, 1.54) is 5.56 Å². The van der Waals surface area contributed by atoms with Crippen molar-refractivity contribution in [3.8, 4) is 11.4 Å². The molecule has 0 saturated carbocycles. The van der Waals surface area contributed by atoms with Crippen LogP contribution in [0.15, 0.2) is 42.6 Å². The molecule has 2 aromatic heterocycles. The Hall–Kier alpha value is -2.36. The van der Waals surface area contributed by atoms with Crippen molar-refractivity contribution in [2.45, 2.75) is 26.2 Å². The largest absolute Gasteiger partial charge is 0.397 e. The molecule has 1 aromatic carbocycles. The fraction of sp³-hybridized carbons (Fsp3) is 0.250. The number of benzene rings is 1. The third-order valence-corrected chi connectivity index (χ3v) is 3.36. The van der Waals surface area contributed by atoms with E-state index in [0.717, 1.165) is 17.0 Å². The van der Waals surface area contributed by atoms with Crippen molar-refractivity contribution in [3.05, 3.63) is 48.2 Å². The van der Waals surface area contributed by atoms with Crippen molar-refractivity contribution in [3.63, 3.8) is 0 Å². The van der Waals surface area contributed by atoms with E-state index in [4.69, 9.17) is 5.73 Å². The van der Waals surface area contributed by atoms with E-state index >= 15 is 0 Å². The number of anilines is 1. The second-order valence-electron chi connectivity index (χ2n) is 6.03. The van der Waals surface area contributed by atoms with E-state index < -0.39 is 0 Å². The second kappa shape index (κ2) is 4.34. The first kappa shape index (κ1) is 12.7. The highest BCUT2D eigenvalue weighted by Crippen LogP contribution is 2.25. The Bertz CT molecular complexity index is 748. The zero-order chi connectivity index (χ0) is 14.3. The summed E-state index contributed by atoms with van der Waals surface area (Å²) in [5, 5.41) is 4.46. The summed E-state index contributed by atoms with van der Waals surface area (Å²) in [6.07, 6.45) is 1.77. The summed E-state index contributed by atoms with van der Waals surface area (Å²) >= 11 is 0. The molecule has 2 heterocycles. The molecule has 0 spiro atoms. The van der Waals surface area contributed by atoms with Crippen molar-refractivity contribution in [1.29, 1.82) is 0 Å². The molecule has 0 aliphatic carbocycles. The molecular formula is C16H18N4. The Morgan fingerprint density at radius 3 is 2.35 bits per heavy atom. The van der Waals surface area contributed by atoms with Gasteiger partial charge in [0.05, 0.1) is 11.9 Å². The van der Waals surface area contributed by atoms with Crippen LogP contribution in [-0.2, 0) is 5.41 Å². The maximum Gasteiger partial charge on any atom is 0.182 e. The number of nitrogen functional groups attached to an aromatic ring is 1. The first-order chi connectivity index (χ1) is 9.43. The number of nitrogens with two attached hydrogens (primary N) is 1. The van der Waals surface area contributed by atoms with Crippen LogP contribution in [0.25, 0.3) is 17.0 Å². The van der Waals surface area contributed by atoms with Gasteiger partial charge in [-0.15, -0.1) is 5.10 Å². The minimum absolute atomic E-state index is 0.152. The predicted octanol–water partition coefficient (Wildman–Crippen LogP) is 3.28. The molecule has 3 rings (SSSR count). The van der Waals surface area contributed by atoms with E-state index in [2.05, 4.69) is 55.1 Å². The van der Waals surface area contributed by atoms with Crippen LogP contribution in [0.4, 0.5) is 5.69 Å². The number of nitrogens with zero attached hydrogens (tertiary/aromatic N) is 3. The van der Waals surface area contributed by atoms with Crippen LogP contribution in [0.5, 0.6) is 0 Å². The van der Waals surface area contributed by atoms with Crippen LogP contribution in [-0.4, -0.2) is 14.6 Å². The maximum absolute atomic E-state index is 5.75. The van der Waals surface area contributed by atoms with E-state index in [1.54, 1.807) is 10.7 Å². The Labute approximate surface area is 118 Å². The molecule has 0 aliphatic heterocycles. The maximum atomic E-state index is 5.75. The van der Waals surface area contributed by atoms with Crippen LogP contribution >= 0.6 is 0 Å². The van der Waals surface area contributed by atoms with E-state index in [-0.39, 0.29) is 5.41 Å². The molecule has 0 atom stereocenters. The van der Waals surface area contributed by atoms with E-state index in [1.807, 2.05) is 12.1 Å². The number of pyridine rings is 1. The average molecular weight is 266 g/mol. The van der Waals surface area contributed by atoms with Crippen LogP contribution < -0.4 is 5.73 Å². The Kier molecular flexibility index (Phi) is 2.74. The lowest BCUT2D eigenvalue weighted by molar-refractivity contribution is 0.590. The Morgan fingerprint density at radius 2 is 1.70 bits per heavy atom. The smallest absolute Gasteiger partial charge is 0.182 e. The van der Waals surface area contributed by atoms with E-state index in [9.17, 15) is 0 Å². The van der Waals surface area contributed by atoms with Gasteiger partial charge >= 0.3 is 0 Å². The Balaban J connectivity index is 2.02. The normalized spacial score (nSPS) is 11.9. The molecule has 102 valence electrons. The summed E-state index contributed by atoms with van der Waals surface area (Å²) in [5.74, 6) is 0.719. The summed E-state index contributed by atoms with van der Waals surface area (Å²) in [6, 6.07) is 12.1. The van der Waals surface area contributed by atoms with Gasteiger partial charge in [0, 0.05) is 5.56 Å². The predicted molar refractivity (Wildman–Crippen MR) is 81.5 cm³/mol. The SMILES string of the molecule is CC(C)(C)c1ccc(-c2nc3ccc(N)cn3n2)cc1. The summed E-state index contributed by atoms with van der Waals surface area (Å²) in [7, 11) is 0. The van der Waals surface area contributed by atoms with Gasteiger partial charge in [-0.05, 0) is 23.1 Å². The summed E-state index contributed by atoms with van der Waals surface area (Å²) in [5.41, 5.74) is 9.70. The van der Waals surface area contributed by atoms with Crippen molar-refractivity contribution in [2.75, 3.05) is 5.73 Å². The van der Waals surface area contributed by atoms with Crippen molar-refractivity contribution in [1.82, 2.24) is 14.6 Å². The molecule has 0 unspecified atom stereocenters. The highest BCUT2D eigenvalue weighted by Gasteiger charge is 2.14. The Morgan fingerprint density at radius 1 is 1.00 bits per heavy atom. The molecule has 3 aromatic rings. The molecule has 0 radical (unpaired) electrons. The van der Waals surface area contributed by atoms with Crippen LogP contribution in [0.1, 0.15) is 26.3 Å². The van der Waals surface area contributed by atoms with Crippen LogP contribution in [0, 0.1) is 0 Å². The van der Waals surface area contributed by atoms with E-state index in [0.29, 0.717) is 5.69 Å². The summed E-state index contributed by atoms with van der Waals surface area (Å²) < 4.78 is 1.71. The highest BCUT2D eigenvalue weighted by atomic mass is 15.3. The quantitative estimate of drug-likeness (QED) is 0.735. The van der Waals surface area contributed by atoms with Gasteiger partial charge in [0.15, 0.2) is 11.5 Å². The van der Waals surface area contributed by atoms with Crippen molar-refractivity contribution in [2.24, 2.45) is 0 Å². The monoisotopic (exact) mass is 266 g/mol. The molecule has 2 N–H and O–H groups in total. The summed E-state index contributed by atoms with van der Waals surface area (Å²) in [6.45, 7) is 6.61. The van der Waals surface area contributed by atoms with Gasteiger partial charge in [-0.3, -0.25) is 0 Å². The van der Waals surface area contributed by atoms with Gasteiger partial charge in [-0.2, -0.15) is 0 Å². The molecule has 0 amide bonds. The average Bonchev–Trinajstić information content (AvgIpc) is 2.80. The lowest BCUT2D eigenvalue weighted by Crippen LogP contribution is -2.10. The molecule has 0 aliphatic rings. The number of fused-ring (bicyclic) bond motifs is 1. The molecule has 4 nitrogen and oxygen atoms in total. The molecule has 0 saturated heterocycles. The summed E-state index contributed by atoms with van der Waals surface area (Å²) in [4.78, 5) is 4.51. The topological polar surface area (TPSA) is 56.2 Å². The van der Waals surface area contributed by atoms with Gasteiger partial charge < -0.3 is 5.73 Å². The van der Waals surface area contributed by atoms with Gasteiger partial charge in [0.25, 0.3) is 0 Å². The molecular weight excluding hydrogens is 248 g/mol. The number of hydrogen-bond donors (Lipinski definition) is 1. The third-order valence-electron chi connectivity index (χ3n) is 3.36. The van der Waals surface area contributed by atoms with Gasteiger partial charge in [-0.1, -0.05) is 45.0 Å². The van der Waals surface area contributed by atoms with Crippen LogP contribution in [0.3, 0.4) is 0 Å². The molecule has 0 bridgehead atoms. The number of rotatable bonds is 1. The molecule has 0 fully saturated rings. The minimum atomic E-state index is 0.152. The van der Waals surface area contributed by atoms with Gasteiger partial charge in [0.2, 0.25) is 0 Å². The highest BCUT2D eigenvalue weighted by molar-refractivity contribution is 5.59. The standard InChI is InChI=1S/C16H18N4/c1-16(2,3)12-6-4-11(5-7-12)15-18-14-9-8-13(17)10-20(14)19-15/h4-10H,17H2,1-3H3. The molecule has 4 heteroatoms. The van der Waals surface area contributed by atoms with Crippen molar-refractivity contribution < 1.29 is 0 Å². The number of aromatic nitrogens is 3. The first-order valence-electron chi connectivity index (χ1n) is 6.66. The number of hydrogen-bond acceptors (Lipinski definition) is 3. The minimum Gasteiger partial charge on any atom is -0.397 e. The lowest BCUT2D eigenvalue weighted by atomic mass is 9.87. The fourth-order valence-electron chi connectivity index (χ4n) is 2.14. The third kappa shape index (κ3) is 2.25. The lowest BCUT2D eigenvalue weighted by Gasteiger charge is -2.18. The fourth-order valence-corrected chi connectivity index (χ4v) is 2.14. The first-order valence-corrected chi connectivity index (χ1v) is 6.66. The zero-order valence-corrected chi connectivity index (χ0v) is 12.0. The van der Waals surface area contributed by atoms with Gasteiger partial charge in [-0.25, -0.2) is 9.50 Å².